The van der Waals surface area contributed by atoms with Gasteiger partial charge in [0.25, 0.3) is 5.91 Å². The molecule has 0 saturated carbocycles. The molecule has 1 heterocycles. The largest absolute Gasteiger partial charge is 0.354 e. The summed E-state index contributed by atoms with van der Waals surface area (Å²) in [7, 11) is 3.90. The van der Waals surface area contributed by atoms with Gasteiger partial charge in [0.15, 0.2) is 0 Å². The second-order valence-corrected chi connectivity index (χ2v) is 6.00. The first-order chi connectivity index (χ1) is 10.6. The number of anilines is 1. The Labute approximate surface area is 132 Å². The van der Waals surface area contributed by atoms with E-state index in [2.05, 4.69) is 47.4 Å². The molecular formula is C19H22N2O. The van der Waals surface area contributed by atoms with Gasteiger partial charge in [0.2, 0.25) is 0 Å². The molecule has 2 aromatic carbocycles. The highest BCUT2D eigenvalue weighted by Crippen LogP contribution is 2.30. The van der Waals surface area contributed by atoms with Crippen LogP contribution in [0.15, 0.2) is 48.5 Å². The second-order valence-electron chi connectivity index (χ2n) is 6.00. The van der Waals surface area contributed by atoms with E-state index >= 15 is 0 Å². The van der Waals surface area contributed by atoms with Crippen LogP contribution in [-0.4, -0.2) is 31.1 Å². The normalized spacial score (nSPS) is 17.6. The second kappa shape index (κ2) is 5.84. The van der Waals surface area contributed by atoms with Crippen molar-refractivity contribution in [3.05, 3.63) is 65.2 Å². The van der Waals surface area contributed by atoms with Gasteiger partial charge in [0.05, 0.1) is 11.3 Å². The van der Waals surface area contributed by atoms with Crippen LogP contribution in [0.5, 0.6) is 0 Å². The van der Waals surface area contributed by atoms with Crippen molar-refractivity contribution in [2.75, 3.05) is 19.0 Å². The third-order valence-corrected chi connectivity index (χ3v) is 4.66. The number of hydrogen-bond acceptors (Lipinski definition) is 2. The average Bonchev–Trinajstić information content (AvgIpc) is 2.57. The van der Waals surface area contributed by atoms with E-state index in [4.69, 9.17) is 0 Å². The van der Waals surface area contributed by atoms with Gasteiger partial charge in [-0.3, -0.25) is 4.79 Å². The maximum atomic E-state index is 12.5. The summed E-state index contributed by atoms with van der Waals surface area (Å²) in [6, 6.07) is 16.7. The van der Waals surface area contributed by atoms with E-state index in [1.54, 1.807) is 4.90 Å². The van der Waals surface area contributed by atoms with E-state index in [-0.39, 0.29) is 12.1 Å². The SMILES string of the molecule is CC1N(C)C(=O)c2cc(CCc3ccccc3)ccc2N1C. The van der Waals surface area contributed by atoms with Gasteiger partial charge in [-0.05, 0) is 43.0 Å². The number of carbonyl (C=O) groups excluding carboxylic acids is 1. The van der Waals surface area contributed by atoms with Gasteiger partial charge < -0.3 is 9.80 Å². The number of nitrogens with zero attached hydrogens (tertiary/aromatic N) is 2. The molecule has 0 aliphatic carbocycles. The van der Waals surface area contributed by atoms with Crippen molar-refractivity contribution < 1.29 is 4.79 Å². The Hall–Kier alpha value is -2.29. The van der Waals surface area contributed by atoms with Crippen molar-refractivity contribution in [1.29, 1.82) is 0 Å². The average molecular weight is 294 g/mol. The summed E-state index contributed by atoms with van der Waals surface area (Å²) >= 11 is 0. The molecule has 1 aliphatic heterocycles. The van der Waals surface area contributed by atoms with Crippen LogP contribution in [0, 0.1) is 0 Å². The molecule has 3 rings (SSSR count). The summed E-state index contributed by atoms with van der Waals surface area (Å²) < 4.78 is 0. The quantitative estimate of drug-likeness (QED) is 0.867. The van der Waals surface area contributed by atoms with E-state index in [0.717, 1.165) is 24.1 Å². The lowest BCUT2D eigenvalue weighted by Gasteiger charge is -2.40. The Morgan fingerprint density at radius 1 is 0.909 bits per heavy atom. The zero-order chi connectivity index (χ0) is 15.7. The number of hydrogen-bond donors (Lipinski definition) is 0. The van der Waals surface area contributed by atoms with E-state index in [9.17, 15) is 4.79 Å². The molecule has 1 atom stereocenters. The van der Waals surface area contributed by atoms with E-state index in [1.165, 1.54) is 11.1 Å². The minimum atomic E-state index is 0.0927. The Morgan fingerprint density at radius 3 is 2.32 bits per heavy atom. The molecule has 2 aromatic rings. The summed E-state index contributed by atoms with van der Waals surface area (Å²) in [5.74, 6) is 0.113. The zero-order valence-electron chi connectivity index (χ0n) is 13.4. The predicted molar refractivity (Wildman–Crippen MR) is 90.3 cm³/mol. The summed E-state index contributed by atoms with van der Waals surface area (Å²) in [4.78, 5) is 16.4. The molecule has 0 radical (unpaired) electrons. The van der Waals surface area contributed by atoms with E-state index in [0.29, 0.717) is 0 Å². The van der Waals surface area contributed by atoms with Crippen LogP contribution < -0.4 is 4.90 Å². The first-order valence-corrected chi connectivity index (χ1v) is 7.75. The standard InChI is InChI=1S/C19H22N2O/c1-14-20(2)18-12-11-16(13-17(18)19(22)21(14)3)10-9-15-7-5-4-6-8-15/h4-8,11-14H,9-10H2,1-3H3. The van der Waals surface area contributed by atoms with Gasteiger partial charge in [0, 0.05) is 14.1 Å². The van der Waals surface area contributed by atoms with Gasteiger partial charge >= 0.3 is 0 Å². The topological polar surface area (TPSA) is 23.6 Å². The number of carbonyl (C=O) groups is 1. The lowest BCUT2D eigenvalue weighted by molar-refractivity contribution is 0.0726. The highest BCUT2D eigenvalue weighted by atomic mass is 16.2. The van der Waals surface area contributed by atoms with Crippen LogP contribution >= 0.6 is 0 Å². The molecule has 3 heteroatoms. The highest BCUT2D eigenvalue weighted by molar-refractivity contribution is 6.01. The van der Waals surface area contributed by atoms with Gasteiger partial charge in [-0.15, -0.1) is 0 Å². The summed E-state index contributed by atoms with van der Waals surface area (Å²) in [6.07, 6.45) is 2.04. The van der Waals surface area contributed by atoms with Crippen molar-refractivity contribution in [3.63, 3.8) is 0 Å². The molecule has 0 aromatic heterocycles. The molecule has 0 saturated heterocycles. The van der Waals surface area contributed by atoms with E-state index in [1.807, 2.05) is 27.1 Å². The Kier molecular flexibility index (Phi) is 3.88. The molecule has 22 heavy (non-hydrogen) atoms. The number of amides is 1. The molecule has 3 nitrogen and oxygen atoms in total. The lowest BCUT2D eigenvalue weighted by atomic mass is 9.99. The molecule has 0 bridgehead atoms. The van der Waals surface area contributed by atoms with Crippen molar-refractivity contribution >= 4 is 11.6 Å². The highest BCUT2D eigenvalue weighted by Gasteiger charge is 2.30. The zero-order valence-corrected chi connectivity index (χ0v) is 13.4. The fourth-order valence-corrected chi connectivity index (χ4v) is 2.97. The van der Waals surface area contributed by atoms with Gasteiger partial charge in [-0.1, -0.05) is 36.4 Å². The summed E-state index contributed by atoms with van der Waals surface area (Å²) in [5.41, 5.74) is 4.38. The molecular weight excluding hydrogens is 272 g/mol. The lowest BCUT2D eigenvalue weighted by Crippen LogP contribution is -2.50. The number of benzene rings is 2. The Morgan fingerprint density at radius 2 is 1.59 bits per heavy atom. The van der Waals surface area contributed by atoms with E-state index < -0.39 is 0 Å². The van der Waals surface area contributed by atoms with Crippen molar-refractivity contribution in [3.8, 4) is 0 Å². The van der Waals surface area contributed by atoms with Crippen LogP contribution in [0.25, 0.3) is 0 Å². The third kappa shape index (κ3) is 2.59. The summed E-state index contributed by atoms with van der Waals surface area (Å²) in [6.45, 7) is 2.05. The molecule has 114 valence electrons. The maximum absolute atomic E-state index is 12.5. The fraction of sp³-hybridized carbons (Fsp3) is 0.316. The van der Waals surface area contributed by atoms with Crippen molar-refractivity contribution in [1.82, 2.24) is 4.90 Å². The molecule has 1 unspecified atom stereocenters. The molecule has 0 N–H and O–H groups in total. The molecule has 1 aliphatic rings. The number of aryl methyl sites for hydroxylation is 2. The smallest absolute Gasteiger partial charge is 0.257 e. The van der Waals surface area contributed by atoms with Crippen LogP contribution in [0.2, 0.25) is 0 Å². The summed E-state index contributed by atoms with van der Waals surface area (Å²) in [5, 5.41) is 0. The first-order valence-electron chi connectivity index (χ1n) is 7.75. The first kappa shape index (κ1) is 14.6. The van der Waals surface area contributed by atoms with Crippen molar-refractivity contribution in [2.45, 2.75) is 25.9 Å². The molecule has 1 amide bonds. The van der Waals surface area contributed by atoms with Crippen LogP contribution in [0.4, 0.5) is 5.69 Å². The fourth-order valence-electron chi connectivity index (χ4n) is 2.97. The molecule has 0 fully saturated rings. The Bertz CT molecular complexity index is 681. The number of fused-ring (bicyclic) bond motifs is 1. The van der Waals surface area contributed by atoms with Gasteiger partial charge in [0.1, 0.15) is 6.17 Å². The van der Waals surface area contributed by atoms with Crippen LogP contribution in [0.1, 0.15) is 28.4 Å². The van der Waals surface area contributed by atoms with Crippen LogP contribution in [0.3, 0.4) is 0 Å². The maximum Gasteiger partial charge on any atom is 0.257 e. The minimum Gasteiger partial charge on any atom is -0.354 e. The third-order valence-electron chi connectivity index (χ3n) is 4.66. The van der Waals surface area contributed by atoms with Crippen molar-refractivity contribution in [2.24, 2.45) is 0 Å². The predicted octanol–water partition coefficient (Wildman–Crippen LogP) is 3.34. The van der Waals surface area contributed by atoms with Crippen LogP contribution in [-0.2, 0) is 12.8 Å². The van der Waals surface area contributed by atoms with Gasteiger partial charge in [-0.2, -0.15) is 0 Å². The minimum absolute atomic E-state index is 0.0927. The Balaban J connectivity index is 1.83. The number of rotatable bonds is 3. The monoisotopic (exact) mass is 294 g/mol. The molecule has 0 spiro atoms. The van der Waals surface area contributed by atoms with Gasteiger partial charge in [-0.25, -0.2) is 0 Å².